The number of carbonyl (C=O) groups excluding carboxylic acids is 2. The molecule has 2 aliphatic rings. The number of furan rings is 1. The molecule has 1 atom stereocenters. The first-order valence-corrected chi connectivity index (χ1v) is 12.7. The van der Waals surface area contributed by atoms with Gasteiger partial charge in [0.2, 0.25) is 0 Å². The molecular weight excluding hydrogens is 418 g/mol. The SMILES string of the molecule is CC(C)CN(C(=O)COC(=O)Cc1coc2cc3c(cc12)CCC3)C1CCS(=O)(=O)C1. The highest BCUT2D eigenvalue weighted by Gasteiger charge is 2.35. The van der Waals surface area contributed by atoms with Crippen LogP contribution in [-0.2, 0) is 43.4 Å². The van der Waals surface area contributed by atoms with Crippen LogP contribution in [0.3, 0.4) is 0 Å². The smallest absolute Gasteiger partial charge is 0.310 e. The van der Waals surface area contributed by atoms with Crippen molar-refractivity contribution in [2.75, 3.05) is 24.7 Å². The lowest BCUT2D eigenvalue weighted by Gasteiger charge is -2.29. The van der Waals surface area contributed by atoms with Crippen molar-refractivity contribution in [2.24, 2.45) is 5.92 Å². The normalized spacial score (nSPS) is 19.6. The number of benzene rings is 1. The summed E-state index contributed by atoms with van der Waals surface area (Å²) in [5.41, 5.74) is 4.13. The number of esters is 1. The highest BCUT2D eigenvalue weighted by atomic mass is 32.2. The predicted molar refractivity (Wildman–Crippen MR) is 117 cm³/mol. The zero-order valence-corrected chi connectivity index (χ0v) is 18.9. The third-order valence-electron chi connectivity index (χ3n) is 6.09. The van der Waals surface area contributed by atoms with E-state index in [1.165, 1.54) is 11.1 Å². The molecule has 0 saturated carbocycles. The third-order valence-corrected chi connectivity index (χ3v) is 7.84. The number of hydrogen-bond donors (Lipinski definition) is 0. The molecule has 1 aliphatic carbocycles. The highest BCUT2D eigenvalue weighted by Crippen LogP contribution is 2.30. The average molecular weight is 448 g/mol. The molecular formula is C23H29NO6S. The third kappa shape index (κ3) is 4.95. The molecule has 2 aromatic rings. The van der Waals surface area contributed by atoms with Crippen LogP contribution in [0.4, 0.5) is 0 Å². The summed E-state index contributed by atoms with van der Waals surface area (Å²) in [5.74, 6) is -0.595. The van der Waals surface area contributed by atoms with Crippen molar-refractivity contribution in [3.63, 3.8) is 0 Å². The first kappa shape index (κ1) is 21.9. The average Bonchev–Trinajstić information content (AvgIpc) is 3.41. The molecule has 0 N–H and O–H groups in total. The molecule has 0 bridgehead atoms. The Kier molecular flexibility index (Phi) is 6.10. The Morgan fingerprint density at radius 2 is 1.97 bits per heavy atom. The largest absolute Gasteiger partial charge is 0.464 e. The van der Waals surface area contributed by atoms with Gasteiger partial charge in [0.15, 0.2) is 16.4 Å². The van der Waals surface area contributed by atoms with Crippen molar-refractivity contribution in [3.8, 4) is 0 Å². The predicted octanol–water partition coefficient (Wildman–Crippen LogP) is 2.68. The first-order valence-electron chi connectivity index (χ1n) is 10.9. The van der Waals surface area contributed by atoms with Crippen LogP contribution in [0.2, 0.25) is 0 Å². The molecule has 1 aliphatic heterocycles. The molecule has 1 aromatic carbocycles. The maximum Gasteiger partial charge on any atom is 0.310 e. The highest BCUT2D eigenvalue weighted by molar-refractivity contribution is 7.91. The number of amides is 1. The van der Waals surface area contributed by atoms with E-state index in [0.29, 0.717) is 13.0 Å². The lowest BCUT2D eigenvalue weighted by Crippen LogP contribution is -2.45. The van der Waals surface area contributed by atoms with Gasteiger partial charge in [-0.3, -0.25) is 9.59 Å². The second kappa shape index (κ2) is 8.65. The van der Waals surface area contributed by atoms with Crippen molar-refractivity contribution in [1.82, 2.24) is 4.90 Å². The van der Waals surface area contributed by atoms with Gasteiger partial charge < -0.3 is 14.1 Å². The van der Waals surface area contributed by atoms with Crippen molar-refractivity contribution in [3.05, 3.63) is 35.1 Å². The van der Waals surface area contributed by atoms with Crippen molar-refractivity contribution in [1.29, 1.82) is 0 Å². The maximum atomic E-state index is 12.8. The van der Waals surface area contributed by atoms with Gasteiger partial charge in [-0.2, -0.15) is 0 Å². The fraction of sp³-hybridized carbons (Fsp3) is 0.565. The molecule has 1 fully saturated rings. The summed E-state index contributed by atoms with van der Waals surface area (Å²) in [6.45, 7) is 3.99. The molecule has 0 spiro atoms. The van der Waals surface area contributed by atoms with Crippen molar-refractivity contribution < 1.29 is 27.2 Å². The van der Waals surface area contributed by atoms with Gasteiger partial charge in [0.05, 0.1) is 24.2 Å². The standard InChI is InChI=1S/C23H29NO6S/c1-15(2)11-24(19-6-7-31(27,28)14-19)22(25)13-30-23(26)10-18-12-29-21-9-17-5-3-4-16(17)8-20(18)21/h8-9,12,15,19H,3-7,10-11,13-14H2,1-2H3. The Hall–Kier alpha value is -2.35. The van der Waals surface area contributed by atoms with Crippen LogP contribution in [0, 0.1) is 5.92 Å². The molecule has 1 unspecified atom stereocenters. The number of sulfone groups is 1. The molecule has 1 aromatic heterocycles. The van der Waals surface area contributed by atoms with Gasteiger partial charge in [-0.1, -0.05) is 13.8 Å². The molecule has 4 rings (SSSR count). The molecule has 31 heavy (non-hydrogen) atoms. The number of nitrogens with zero attached hydrogens (tertiary/aromatic N) is 1. The quantitative estimate of drug-likeness (QED) is 0.606. The van der Waals surface area contributed by atoms with Gasteiger partial charge in [-0.05, 0) is 54.9 Å². The fourth-order valence-corrected chi connectivity index (χ4v) is 6.32. The van der Waals surface area contributed by atoms with E-state index in [-0.39, 0.29) is 42.4 Å². The van der Waals surface area contributed by atoms with Gasteiger partial charge in [-0.15, -0.1) is 0 Å². The maximum absolute atomic E-state index is 12.8. The van der Waals surface area contributed by atoms with Crippen LogP contribution in [0.1, 0.15) is 43.4 Å². The minimum Gasteiger partial charge on any atom is -0.464 e. The van der Waals surface area contributed by atoms with Crippen LogP contribution >= 0.6 is 0 Å². The molecule has 8 heteroatoms. The number of carbonyl (C=O) groups is 2. The summed E-state index contributed by atoms with van der Waals surface area (Å²) in [7, 11) is -3.11. The monoisotopic (exact) mass is 447 g/mol. The summed E-state index contributed by atoms with van der Waals surface area (Å²) in [5, 5.41) is 0.918. The molecule has 1 amide bonds. The van der Waals surface area contributed by atoms with E-state index in [0.717, 1.165) is 35.8 Å². The topological polar surface area (TPSA) is 93.9 Å². The van der Waals surface area contributed by atoms with E-state index in [1.807, 2.05) is 13.8 Å². The Labute approximate surface area is 182 Å². The summed E-state index contributed by atoms with van der Waals surface area (Å²) in [6, 6.07) is 3.80. The number of hydrogen-bond acceptors (Lipinski definition) is 6. The van der Waals surface area contributed by atoms with Gasteiger partial charge >= 0.3 is 5.97 Å². The zero-order chi connectivity index (χ0) is 22.2. The molecule has 0 radical (unpaired) electrons. The second-order valence-electron chi connectivity index (χ2n) is 9.07. The molecule has 1 saturated heterocycles. The minimum absolute atomic E-state index is 0.0231. The summed E-state index contributed by atoms with van der Waals surface area (Å²) in [6.07, 6.45) is 5.27. The van der Waals surface area contributed by atoms with Gasteiger partial charge in [0.25, 0.3) is 5.91 Å². The van der Waals surface area contributed by atoms with Crippen LogP contribution < -0.4 is 0 Å². The van der Waals surface area contributed by atoms with Crippen molar-refractivity contribution >= 4 is 32.7 Å². The Balaban J connectivity index is 1.38. The van der Waals surface area contributed by atoms with Crippen LogP contribution in [-0.4, -0.2) is 55.9 Å². The fourth-order valence-electron chi connectivity index (χ4n) is 4.59. The van der Waals surface area contributed by atoms with Crippen LogP contribution in [0.25, 0.3) is 11.0 Å². The summed E-state index contributed by atoms with van der Waals surface area (Å²) >= 11 is 0. The van der Waals surface area contributed by atoms with Gasteiger partial charge in [0, 0.05) is 23.5 Å². The summed E-state index contributed by atoms with van der Waals surface area (Å²) in [4.78, 5) is 26.8. The first-order chi connectivity index (χ1) is 14.7. The number of aryl methyl sites for hydroxylation is 2. The lowest BCUT2D eigenvalue weighted by molar-refractivity contribution is -0.152. The molecule has 168 valence electrons. The Bertz CT molecular complexity index is 1100. The molecule has 7 nitrogen and oxygen atoms in total. The van der Waals surface area contributed by atoms with E-state index in [2.05, 4.69) is 12.1 Å². The Morgan fingerprint density at radius 1 is 1.23 bits per heavy atom. The van der Waals surface area contributed by atoms with Gasteiger partial charge in [0.1, 0.15) is 5.58 Å². The molecule has 2 heterocycles. The number of rotatable bonds is 7. The van der Waals surface area contributed by atoms with E-state index in [9.17, 15) is 18.0 Å². The zero-order valence-electron chi connectivity index (χ0n) is 18.1. The summed E-state index contributed by atoms with van der Waals surface area (Å²) < 4.78 is 34.6. The van der Waals surface area contributed by atoms with Crippen LogP contribution in [0.15, 0.2) is 22.8 Å². The Morgan fingerprint density at radius 3 is 2.65 bits per heavy atom. The van der Waals surface area contributed by atoms with Gasteiger partial charge in [-0.25, -0.2) is 8.42 Å². The van der Waals surface area contributed by atoms with E-state index in [4.69, 9.17) is 9.15 Å². The van der Waals surface area contributed by atoms with Crippen LogP contribution in [0.5, 0.6) is 0 Å². The van der Waals surface area contributed by atoms with Crippen molar-refractivity contribution in [2.45, 2.75) is 52.0 Å². The van der Waals surface area contributed by atoms with E-state index < -0.39 is 15.8 Å². The minimum atomic E-state index is -3.11. The lowest BCUT2D eigenvalue weighted by atomic mass is 10.0. The van der Waals surface area contributed by atoms with E-state index in [1.54, 1.807) is 11.2 Å². The second-order valence-corrected chi connectivity index (χ2v) is 11.3. The van der Waals surface area contributed by atoms with E-state index >= 15 is 0 Å². The number of fused-ring (bicyclic) bond motifs is 2. The number of ether oxygens (including phenoxy) is 1.